The van der Waals surface area contributed by atoms with Crippen molar-refractivity contribution in [1.82, 2.24) is 4.98 Å². The van der Waals surface area contributed by atoms with Crippen LogP contribution in [0, 0.1) is 0 Å². The SMILES string of the molecule is O=C(O)CC/C=C/c1ccncc1. The fourth-order valence-electron chi connectivity index (χ4n) is 0.901. The fourth-order valence-corrected chi connectivity index (χ4v) is 0.901. The highest BCUT2D eigenvalue weighted by Gasteiger charge is 1.91. The lowest BCUT2D eigenvalue weighted by molar-refractivity contribution is -0.136. The van der Waals surface area contributed by atoms with E-state index in [0.29, 0.717) is 6.42 Å². The molecule has 0 amide bonds. The van der Waals surface area contributed by atoms with Crippen LogP contribution in [-0.2, 0) is 4.79 Å². The highest BCUT2D eigenvalue weighted by Crippen LogP contribution is 2.01. The summed E-state index contributed by atoms with van der Waals surface area (Å²) < 4.78 is 0. The Bertz CT molecular complexity index is 293. The summed E-state index contributed by atoms with van der Waals surface area (Å²) in [6.45, 7) is 0. The first-order valence-corrected chi connectivity index (χ1v) is 4.07. The molecule has 0 radical (unpaired) electrons. The zero-order chi connectivity index (χ0) is 9.52. The van der Waals surface area contributed by atoms with Crippen LogP contribution in [0.1, 0.15) is 18.4 Å². The van der Waals surface area contributed by atoms with Gasteiger partial charge in [-0.15, -0.1) is 0 Å². The van der Waals surface area contributed by atoms with Crippen LogP contribution < -0.4 is 0 Å². The van der Waals surface area contributed by atoms with E-state index in [1.165, 1.54) is 0 Å². The molecule has 0 aliphatic rings. The third kappa shape index (κ3) is 4.06. The molecule has 68 valence electrons. The molecule has 1 rings (SSSR count). The van der Waals surface area contributed by atoms with Crippen LogP contribution in [0.2, 0.25) is 0 Å². The van der Waals surface area contributed by atoms with Crippen LogP contribution in [0.4, 0.5) is 0 Å². The largest absolute Gasteiger partial charge is 0.481 e. The third-order valence-corrected chi connectivity index (χ3v) is 1.54. The first kappa shape index (κ1) is 9.45. The van der Waals surface area contributed by atoms with Crippen molar-refractivity contribution in [1.29, 1.82) is 0 Å². The zero-order valence-corrected chi connectivity index (χ0v) is 7.18. The number of carbonyl (C=O) groups is 1. The smallest absolute Gasteiger partial charge is 0.303 e. The van der Waals surface area contributed by atoms with Gasteiger partial charge in [0.2, 0.25) is 0 Å². The maximum atomic E-state index is 10.2. The van der Waals surface area contributed by atoms with Gasteiger partial charge in [0.25, 0.3) is 0 Å². The molecule has 3 nitrogen and oxygen atoms in total. The standard InChI is InChI=1S/C10H11NO2/c12-10(13)4-2-1-3-9-5-7-11-8-6-9/h1,3,5-8H,2,4H2,(H,12,13)/b3-1+. The van der Waals surface area contributed by atoms with E-state index in [2.05, 4.69) is 4.98 Å². The van der Waals surface area contributed by atoms with Gasteiger partial charge in [-0.2, -0.15) is 0 Å². The van der Waals surface area contributed by atoms with Crippen molar-refractivity contribution >= 4 is 12.0 Å². The van der Waals surface area contributed by atoms with E-state index in [-0.39, 0.29) is 6.42 Å². The van der Waals surface area contributed by atoms with Crippen molar-refractivity contribution < 1.29 is 9.90 Å². The maximum absolute atomic E-state index is 10.2. The molecule has 13 heavy (non-hydrogen) atoms. The molecule has 0 aromatic carbocycles. The van der Waals surface area contributed by atoms with E-state index in [4.69, 9.17) is 5.11 Å². The molecular weight excluding hydrogens is 166 g/mol. The Morgan fingerprint density at radius 3 is 2.77 bits per heavy atom. The highest BCUT2D eigenvalue weighted by atomic mass is 16.4. The van der Waals surface area contributed by atoms with E-state index in [0.717, 1.165) is 5.56 Å². The minimum absolute atomic E-state index is 0.182. The Balaban J connectivity index is 2.37. The molecule has 1 aromatic rings. The molecule has 1 heterocycles. The minimum atomic E-state index is -0.764. The van der Waals surface area contributed by atoms with Crippen LogP contribution in [-0.4, -0.2) is 16.1 Å². The lowest BCUT2D eigenvalue weighted by atomic mass is 10.2. The van der Waals surface area contributed by atoms with Crippen molar-refractivity contribution in [3.05, 3.63) is 36.2 Å². The Kier molecular flexibility index (Phi) is 3.70. The van der Waals surface area contributed by atoms with Crippen LogP contribution in [0.15, 0.2) is 30.6 Å². The number of allylic oxidation sites excluding steroid dienone is 1. The highest BCUT2D eigenvalue weighted by molar-refractivity contribution is 5.67. The van der Waals surface area contributed by atoms with Crippen LogP contribution in [0.3, 0.4) is 0 Å². The Labute approximate surface area is 76.7 Å². The van der Waals surface area contributed by atoms with Crippen LogP contribution in [0.25, 0.3) is 6.08 Å². The first-order chi connectivity index (χ1) is 6.29. The molecule has 0 aliphatic heterocycles. The average Bonchev–Trinajstić information content (AvgIpc) is 2.14. The van der Waals surface area contributed by atoms with E-state index in [1.54, 1.807) is 12.4 Å². The van der Waals surface area contributed by atoms with Gasteiger partial charge in [-0.05, 0) is 24.1 Å². The number of carboxylic acid groups (broad SMARTS) is 1. The van der Waals surface area contributed by atoms with Crippen molar-refractivity contribution in [3.8, 4) is 0 Å². The Hall–Kier alpha value is -1.64. The monoisotopic (exact) mass is 177 g/mol. The van der Waals surface area contributed by atoms with Crippen LogP contribution >= 0.6 is 0 Å². The summed E-state index contributed by atoms with van der Waals surface area (Å²) in [7, 11) is 0. The first-order valence-electron chi connectivity index (χ1n) is 4.07. The van der Waals surface area contributed by atoms with Gasteiger partial charge in [0, 0.05) is 18.8 Å². The molecule has 0 saturated carbocycles. The second kappa shape index (κ2) is 5.09. The average molecular weight is 177 g/mol. The number of hydrogen-bond acceptors (Lipinski definition) is 2. The lowest BCUT2D eigenvalue weighted by Crippen LogP contribution is -1.91. The van der Waals surface area contributed by atoms with Gasteiger partial charge in [-0.1, -0.05) is 12.2 Å². The summed E-state index contributed by atoms with van der Waals surface area (Å²) in [4.78, 5) is 14.0. The van der Waals surface area contributed by atoms with Crippen LogP contribution in [0.5, 0.6) is 0 Å². The number of aromatic nitrogens is 1. The third-order valence-electron chi connectivity index (χ3n) is 1.54. The quantitative estimate of drug-likeness (QED) is 0.764. The number of hydrogen-bond donors (Lipinski definition) is 1. The summed E-state index contributed by atoms with van der Waals surface area (Å²) in [6.07, 6.45) is 7.90. The molecule has 0 aliphatic carbocycles. The van der Waals surface area contributed by atoms with Gasteiger partial charge >= 0.3 is 5.97 Å². The van der Waals surface area contributed by atoms with E-state index in [1.807, 2.05) is 24.3 Å². The molecule has 0 fully saturated rings. The molecule has 0 unspecified atom stereocenters. The van der Waals surface area contributed by atoms with Gasteiger partial charge in [0.05, 0.1) is 0 Å². The number of aliphatic carboxylic acids is 1. The summed E-state index contributed by atoms with van der Waals surface area (Å²) in [5, 5.41) is 8.37. The van der Waals surface area contributed by atoms with Crippen molar-refractivity contribution in [3.63, 3.8) is 0 Å². The van der Waals surface area contributed by atoms with Gasteiger partial charge in [-0.3, -0.25) is 9.78 Å². The van der Waals surface area contributed by atoms with Crippen molar-refractivity contribution in [2.24, 2.45) is 0 Å². The summed E-state index contributed by atoms with van der Waals surface area (Å²) >= 11 is 0. The molecule has 0 bridgehead atoms. The summed E-state index contributed by atoms with van der Waals surface area (Å²) in [6, 6.07) is 3.74. The van der Waals surface area contributed by atoms with E-state index < -0.39 is 5.97 Å². The molecule has 3 heteroatoms. The number of pyridine rings is 1. The van der Waals surface area contributed by atoms with Gasteiger partial charge < -0.3 is 5.11 Å². The number of nitrogens with zero attached hydrogens (tertiary/aromatic N) is 1. The maximum Gasteiger partial charge on any atom is 0.303 e. The molecule has 0 saturated heterocycles. The lowest BCUT2D eigenvalue weighted by Gasteiger charge is -1.90. The number of carboxylic acids is 1. The predicted octanol–water partition coefficient (Wildman–Crippen LogP) is 1.96. The normalized spacial score (nSPS) is 10.5. The van der Waals surface area contributed by atoms with Gasteiger partial charge in [-0.25, -0.2) is 0 Å². The van der Waals surface area contributed by atoms with Gasteiger partial charge in [0.15, 0.2) is 0 Å². The van der Waals surface area contributed by atoms with Gasteiger partial charge in [0.1, 0.15) is 0 Å². The Morgan fingerprint density at radius 1 is 1.46 bits per heavy atom. The molecule has 1 aromatic heterocycles. The number of rotatable bonds is 4. The topological polar surface area (TPSA) is 50.2 Å². The summed E-state index contributed by atoms with van der Waals surface area (Å²) in [5.41, 5.74) is 1.04. The summed E-state index contributed by atoms with van der Waals surface area (Å²) in [5.74, 6) is -0.764. The molecular formula is C10H11NO2. The molecule has 0 atom stereocenters. The molecule has 0 spiro atoms. The van der Waals surface area contributed by atoms with Crippen molar-refractivity contribution in [2.45, 2.75) is 12.8 Å². The zero-order valence-electron chi connectivity index (χ0n) is 7.18. The fraction of sp³-hybridized carbons (Fsp3) is 0.200. The molecule has 1 N–H and O–H groups in total. The Morgan fingerprint density at radius 2 is 2.15 bits per heavy atom. The predicted molar refractivity (Wildman–Crippen MR) is 50.1 cm³/mol. The van der Waals surface area contributed by atoms with E-state index in [9.17, 15) is 4.79 Å². The minimum Gasteiger partial charge on any atom is -0.481 e. The second-order valence-corrected chi connectivity index (χ2v) is 2.62. The van der Waals surface area contributed by atoms with Crippen molar-refractivity contribution in [2.75, 3.05) is 0 Å². The van der Waals surface area contributed by atoms with E-state index >= 15 is 0 Å². The second-order valence-electron chi connectivity index (χ2n) is 2.62.